The third-order valence-electron chi connectivity index (χ3n) is 7.67. The Bertz CT molecular complexity index is 1340. The molecule has 8 heteroatoms. The van der Waals surface area contributed by atoms with E-state index in [-0.39, 0.29) is 6.03 Å². The molecule has 2 atom stereocenters. The summed E-state index contributed by atoms with van der Waals surface area (Å²) in [7, 11) is 0. The zero-order valence-electron chi connectivity index (χ0n) is 20.1. The lowest BCUT2D eigenvalue weighted by Crippen LogP contribution is -2.49. The summed E-state index contributed by atoms with van der Waals surface area (Å²) >= 11 is 19.9. The van der Waals surface area contributed by atoms with Gasteiger partial charge >= 0.3 is 6.03 Å². The van der Waals surface area contributed by atoms with E-state index in [0.29, 0.717) is 45.4 Å². The highest BCUT2D eigenvalue weighted by molar-refractivity contribution is 6.40. The molecule has 3 aliphatic heterocycles. The van der Waals surface area contributed by atoms with E-state index < -0.39 is 0 Å². The van der Waals surface area contributed by atoms with Crippen molar-refractivity contribution in [3.63, 3.8) is 0 Å². The summed E-state index contributed by atoms with van der Waals surface area (Å²) in [6.45, 7) is 6.93. The molecule has 3 aromatic carbocycles. The fourth-order valence-corrected chi connectivity index (χ4v) is 6.84. The van der Waals surface area contributed by atoms with Crippen LogP contribution >= 0.6 is 34.8 Å². The number of carbonyl (C=O) groups excluding carboxylic acids is 1. The number of para-hydroxylation sites is 1. The van der Waals surface area contributed by atoms with Gasteiger partial charge in [-0.25, -0.2) is 4.79 Å². The molecule has 2 bridgehead atoms. The van der Waals surface area contributed by atoms with Gasteiger partial charge in [-0.05, 0) is 56.2 Å². The van der Waals surface area contributed by atoms with Gasteiger partial charge in [0.05, 0.1) is 21.4 Å². The average Bonchev–Trinajstić information content (AvgIpc) is 3.46. The van der Waals surface area contributed by atoms with Crippen molar-refractivity contribution in [2.75, 3.05) is 22.9 Å². The van der Waals surface area contributed by atoms with Crippen molar-refractivity contribution in [2.24, 2.45) is 0 Å². The van der Waals surface area contributed by atoms with Crippen LogP contribution in [0.1, 0.15) is 25.8 Å². The zero-order chi connectivity index (χ0) is 25.1. The highest BCUT2D eigenvalue weighted by atomic mass is 35.5. The molecule has 3 aromatic rings. The summed E-state index contributed by atoms with van der Waals surface area (Å²) in [6, 6.07) is 18.7. The summed E-state index contributed by atoms with van der Waals surface area (Å²) in [5, 5.41) is 4.52. The first-order chi connectivity index (χ1) is 17.3. The van der Waals surface area contributed by atoms with Crippen molar-refractivity contribution in [3.05, 3.63) is 75.2 Å². The highest BCUT2D eigenvalue weighted by Crippen LogP contribution is 2.47. The molecular formula is C28H27Cl3N4O. The predicted molar refractivity (Wildman–Crippen MR) is 149 cm³/mol. The van der Waals surface area contributed by atoms with Crippen LogP contribution in [0.4, 0.5) is 21.9 Å². The minimum atomic E-state index is -0.256. The molecule has 2 unspecified atom stereocenters. The molecule has 3 aliphatic rings. The van der Waals surface area contributed by atoms with Crippen LogP contribution in [0.3, 0.4) is 0 Å². The standard InChI is InChI=1S/C28H27Cl3N4O/c1-16(2)33-14-19-10-18(33)15-34(19)17-11-21(20-6-3-4-7-23(20)29)22-13-32-28(36)35(26(22)12-17)27-24(30)8-5-9-25(27)31/h3-9,11-12,16,18-19H,10,13-15H2,1-2H3,(H,32,36). The third-order valence-corrected chi connectivity index (χ3v) is 8.61. The van der Waals surface area contributed by atoms with E-state index in [2.05, 4.69) is 41.1 Å². The summed E-state index contributed by atoms with van der Waals surface area (Å²) in [6.07, 6.45) is 1.15. The van der Waals surface area contributed by atoms with Gasteiger partial charge in [-0.3, -0.25) is 9.80 Å². The second-order valence-electron chi connectivity index (χ2n) is 10.0. The smallest absolute Gasteiger partial charge is 0.326 e. The first kappa shape index (κ1) is 23.9. The predicted octanol–water partition coefficient (Wildman–Crippen LogP) is 7.35. The van der Waals surface area contributed by atoms with Crippen molar-refractivity contribution in [3.8, 4) is 11.1 Å². The lowest BCUT2D eigenvalue weighted by atomic mass is 9.94. The van der Waals surface area contributed by atoms with Crippen LogP contribution < -0.4 is 15.1 Å². The number of piperazine rings is 1. The Hall–Kier alpha value is -2.44. The van der Waals surface area contributed by atoms with Gasteiger partial charge in [0.1, 0.15) is 0 Å². The molecule has 3 heterocycles. The number of nitrogens with zero attached hydrogens (tertiary/aromatic N) is 3. The molecule has 36 heavy (non-hydrogen) atoms. The molecule has 2 amide bonds. The number of halogens is 3. The number of nitrogens with one attached hydrogen (secondary N) is 1. The number of likely N-dealkylation sites (tertiary alicyclic amines) is 1. The first-order valence-electron chi connectivity index (χ1n) is 12.3. The minimum Gasteiger partial charge on any atom is -0.366 e. The van der Waals surface area contributed by atoms with E-state index in [1.54, 1.807) is 23.1 Å². The maximum atomic E-state index is 13.3. The Kier molecular flexibility index (Phi) is 6.08. The number of hydrogen-bond donors (Lipinski definition) is 1. The number of carbonyl (C=O) groups is 1. The van der Waals surface area contributed by atoms with Crippen molar-refractivity contribution in [2.45, 2.75) is 44.9 Å². The van der Waals surface area contributed by atoms with E-state index in [1.807, 2.05) is 24.3 Å². The molecule has 0 spiro atoms. The number of rotatable bonds is 4. The second-order valence-corrected chi connectivity index (χ2v) is 11.2. The van der Waals surface area contributed by atoms with Gasteiger partial charge in [0.15, 0.2) is 0 Å². The summed E-state index contributed by atoms with van der Waals surface area (Å²) < 4.78 is 0. The zero-order valence-corrected chi connectivity index (χ0v) is 22.4. The van der Waals surface area contributed by atoms with Crippen LogP contribution in [0.15, 0.2) is 54.6 Å². The SMILES string of the molecule is CC(C)N1CC2CC1CN2c1cc(-c2ccccc2Cl)c2c(c1)N(c1c(Cl)cccc1Cl)C(=O)NC2. The Morgan fingerprint density at radius 2 is 1.61 bits per heavy atom. The van der Waals surface area contributed by atoms with E-state index in [4.69, 9.17) is 34.8 Å². The molecule has 0 aromatic heterocycles. The maximum absolute atomic E-state index is 13.3. The average molecular weight is 542 g/mol. The molecule has 0 aliphatic carbocycles. The lowest BCUT2D eigenvalue weighted by Gasteiger charge is -2.39. The minimum absolute atomic E-state index is 0.256. The fourth-order valence-electron chi connectivity index (χ4n) is 6.04. The Labute approximate surface area is 226 Å². The van der Waals surface area contributed by atoms with Crippen LogP contribution in [0.25, 0.3) is 11.1 Å². The van der Waals surface area contributed by atoms with E-state index >= 15 is 0 Å². The van der Waals surface area contributed by atoms with Crippen LogP contribution in [-0.2, 0) is 6.54 Å². The third kappa shape index (κ3) is 3.84. The fraction of sp³-hybridized carbons (Fsp3) is 0.321. The largest absolute Gasteiger partial charge is 0.366 e. The Morgan fingerprint density at radius 3 is 2.28 bits per heavy atom. The van der Waals surface area contributed by atoms with E-state index in [0.717, 1.165) is 47.6 Å². The molecule has 186 valence electrons. The number of amides is 2. The number of benzene rings is 3. The van der Waals surface area contributed by atoms with Gasteiger partial charge in [-0.15, -0.1) is 0 Å². The lowest BCUT2D eigenvalue weighted by molar-refractivity contribution is 0.191. The highest BCUT2D eigenvalue weighted by Gasteiger charge is 2.44. The second kappa shape index (κ2) is 9.14. The molecule has 1 N–H and O–H groups in total. The summed E-state index contributed by atoms with van der Waals surface area (Å²) in [4.78, 5) is 20.0. The van der Waals surface area contributed by atoms with E-state index in [9.17, 15) is 4.79 Å². The van der Waals surface area contributed by atoms with Crippen molar-refractivity contribution in [1.29, 1.82) is 0 Å². The van der Waals surface area contributed by atoms with Gasteiger partial charge < -0.3 is 10.2 Å². The quantitative estimate of drug-likeness (QED) is 0.375. The normalized spacial score (nSPS) is 21.3. The Balaban J connectivity index is 1.54. The van der Waals surface area contributed by atoms with Gasteiger partial charge in [0.25, 0.3) is 0 Å². The molecule has 2 saturated heterocycles. The summed E-state index contributed by atoms with van der Waals surface area (Å²) in [5.41, 5.74) is 5.27. The molecule has 2 fully saturated rings. The monoisotopic (exact) mass is 540 g/mol. The van der Waals surface area contributed by atoms with Crippen LogP contribution in [0.5, 0.6) is 0 Å². The van der Waals surface area contributed by atoms with Crippen molar-refractivity contribution in [1.82, 2.24) is 10.2 Å². The van der Waals surface area contributed by atoms with Crippen molar-refractivity contribution < 1.29 is 4.79 Å². The number of hydrogen-bond acceptors (Lipinski definition) is 3. The van der Waals surface area contributed by atoms with Crippen molar-refractivity contribution >= 4 is 57.9 Å². The number of fused-ring (bicyclic) bond motifs is 3. The molecule has 0 saturated carbocycles. The maximum Gasteiger partial charge on any atom is 0.326 e. The topological polar surface area (TPSA) is 38.8 Å². The van der Waals surface area contributed by atoms with Gasteiger partial charge in [-0.1, -0.05) is 59.1 Å². The molecule has 5 nitrogen and oxygen atoms in total. The summed E-state index contributed by atoms with van der Waals surface area (Å²) in [5.74, 6) is 0. The van der Waals surface area contributed by atoms with E-state index in [1.165, 1.54) is 0 Å². The van der Waals surface area contributed by atoms with Gasteiger partial charge in [-0.2, -0.15) is 0 Å². The molecule has 0 radical (unpaired) electrons. The first-order valence-corrected chi connectivity index (χ1v) is 13.4. The number of urea groups is 1. The van der Waals surface area contributed by atoms with Gasteiger partial charge in [0, 0.05) is 59.6 Å². The van der Waals surface area contributed by atoms with Crippen LogP contribution in [0.2, 0.25) is 15.1 Å². The number of anilines is 3. The molecular weight excluding hydrogens is 515 g/mol. The molecule has 6 rings (SSSR count). The Morgan fingerprint density at radius 1 is 0.889 bits per heavy atom. The van der Waals surface area contributed by atoms with Crippen LogP contribution in [-0.4, -0.2) is 42.1 Å². The van der Waals surface area contributed by atoms with Crippen LogP contribution in [0, 0.1) is 0 Å². The van der Waals surface area contributed by atoms with Gasteiger partial charge in [0.2, 0.25) is 0 Å².